The first-order valence-corrected chi connectivity index (χ1v) is 8.13. The molecule has 0 aromatic heterocycles. The van der Waals surface area contributed by atoms with Crippen molar-refractivity contribution in [3.8, 4) is 0 Å². The Bertz CT molecular complexity index is 667. The third-order valence-electron chi connectivity index (χ3n) is 3.91. The van der Waals surface area contributed by atoms with Crippen molar-refractivity contribution in [2.45, 2.75) is 40.2 Å². The molecule has 1 aromatic carbocycles. The maximum atomic E-state index is 12.3. The summed E-state index contributed by atoms with van der Waals surface area (Å²) in [7, 11) is 0. The minimum Gasteiger partial charge on any atom is -0.466 e. The largest absolute Gasteiger partial charge is 0.466 e. The predicted octanol–water partition coefficient (Wildman–Crippen LogP) is 2.91. The summed E-state index contributed by atoms with van der Waals surface area (Å²) in [6, 6.07) is 3.49. The Labute approximate surface area is 142 Å². The molecular formula is C18H24N2O4. The van der Waals surface area contributed by atoms with Crippen LogP contribution in [0, 0.1) is 13.8 Å². The van der Waals surface area contributed by atoms with E-state index < -0.39 is 12.0 Å². The molecule has 6 heteroatoms. The van der Waals surface area contributed by atoms with Crippen molar-refractivity contribution in [1.29, 1.82) is 0 Å². The zero-order valence-corrected chi connectivity index (χ0v) is 14.6. The maximum Gasteiger partial charge on any atom is 0.337 e. The third-order valence-corrected chi connectivity index (χ3v) is 3.91. The molecule has 1 aliphatic rings. The van der Waals surface area contributed by atoms with Crippen molar-refractivity contribution in [3.63, 3.8) is 0 Å². The van der Waals surface area contributed by atoms with Crippen LogP contribution >= 0.6 is 0 Å². The van der Waals surface area contributed by atoms with Gasteiger partial charge in [0.2, 0.25) is 0 Å². The molecule has 0 aliphatic carbocycles. The molecule has 1 heterocycles. The van der Waals surface area contributed by atoms with E-state index in [1.165, 1.54) is 0 Å². The molecule has 24 heavy (non-hydrogen) atoms. The number of carbonyl (C=O) groups excluding carboxylic acids is 2. The van der Waals surface area contributed by atoms with Gasteiger partial charge in [-0.25, -0.2) is 4.79 Å². The minimum atomic E-state index is -0.515. The van der Waals surface area contributed by atoms with Gasteiger partial charge in [-0.15, -0.1) is 0 Å². The van der Waals surface area contributed by atoms with Crippen LogP contribution in [0.4, 0.5) is 11.4 Å². The van der Waals surface area contributed by atoms with E-state index in [2.05, 4.69) is 10.6 Å². The van der Waals surface area contributed by atoms with Gasteiger partial charge >= 0.3 is 11.9 Å². The van der Waals surface area contributed by atoms with E-state index in [9.17, 15) is 9.59 Å². The average molecular weight is 332 g/mol. The number of ether oxygens (including phenoxy) is 2. The van der Waals surface area contributed by atoms with Crippen LogP contribution in [0.15, 0.2) is 23.9 Å². The molecule has 0 saturated heterocycles. The average Bonchev–Trinajstić information content (AvgIpc) is 2.68. The van der Waals surface area contributed by atoms with Gasteiger partial charge in [0.15, 0.2) is 0 Å². The first-order chi connectivity index (χ1) is 11.5. The molecule has 2 N–H and O–H groups in total. The number of benzene rings is 1. The van der Waals surface area contributed by atoms with E-state index in [0.29, 0.717) is 12.2 Å². The molecule has 0 bridgehead atoms. The van der Waals surface area contributed by atoms with Crippen LogP contribution in [0.2, 0.25) is 0 Å². The van der Waals surface area contributed by atoms with E-state index in [-0.39, 0.29) is 19.0 Å². The van der Waals surface area contributed by atoms with Crippen LogP contribution in [0.5, 0.6) is 0 Å². The minimum absolute atomic E-state index is 0.0481. The van der Waals surface area contributed by atoms with Crippen molar-refractivity contribution >= 4 is 23.3 Å². The Morgan fingerprint density at radius 2 is 1.67 bits per heavy atom. The van der Waals surface area contributed by atoms with Gasteiger partial charge in [-0.1, -0.05) is 0 Å². The first kappa shape index (κ1) is 17.8. The van der Waals surface area contributed by atoms with Crippen LogP contribution in [-0.4, -0.2) is 31.2 Å². The van der Waals surface area contributed by atoms with Crippen molar-refractivity contribution in [2.24, 2.45) is 0 Å². The summed E-state index contributed by atoms with van der Waals surface area (Å²) < 4.78 is 10.1. The van der Waals surface area contributed by atoms with Gasteiger partial charge in [0.1, 0.15) is 0 Å². The summed E-state index contributed by atoms with van der Waals surface area (Å²) in [5.74, 6) is -0.814. The van der Waals surface area contributed by atoms with E-state index in [1.807, 2.05) is 26.0 Å². The quantitative estimate of drug-likeness (QED) is 0.808. The van der Waals surface area contributed by atoms with Gasteiger partial charge in [0, 0.05) is 6.20 Å². The van der Waals surface area contributed by atoms with Gasteiger partial charge in [-0.2, -0.15) is 0 Å². The molecule has 2 rings (SSSR count). The van der Waals surface area contributed by atoms with Crippen LogP contribution in [0.25, 0.3) is 0 Å². The third kappa shape index (κ3) is 4.07. The zero-order valence-electron chi connectivity index (χ0n) is 14.6. The molecule has 1 aromatic rings. The zero-order chi connectivity index (χ0) is 17.7. The highest BCUT2D eigenvalue weighted by Gasteiger charge is 2.28. The summed E-state index contributed by atoms with van der Waals surface area (Å²) in [4.78, 5) is 24.2. The molecule has 0 spiro atoms. The molecule has 1 unspecified atom stereocenters. The molecule has 1 atom stereocenters. The van der Waals surface area contributed by atoms with Crippen molar-refractivity contribution in [2.75, 3.05) is 23.8 Å². The van der Waals surface area contributed by atoms with Crippen LogP contribution in [-0.2, 0) is 19.1 Å². The Balaban J connectivity index is 2.34. The SMILES string of the molecule is CCOC(=O)CC1Nc2cc(C)c(C)cc2NC=C1C(=O)OCC. The first-order valence-electron chi connectivity index (χ1n) is 8.13. The smallest absolute Gasteiger partial charge is 0.337 e. The fourth-order valence-electron chi connectivity index (χ4n) is 2.54. The highest BCUT2D eigenvalue weighted by atomic mass is 16.5. The molecule has 1 aliphatic heterocycles. The topological polar surface area (TPSA) is 76.7 Å². The summed E-state index contributed by atoms with van der Waals surface area (Å²) in [6.45, 7) is 8.11. The van der Waals surface area contributed by atoms with E-state index in [4.69, 9.17) is 9.47 Å². The lowest BCUT2D eigenvalue weighted by atomic mass is 10.0. The number of carbonyl (C=O) groups is 2. The van der Waals surface area contributed by atoms with Crippen LogP contribution in [0.3, 0.4) is 0 Å². The summed E-state index contributed by atoms with van der Waals surface area (Å²) in [5.41, 5.74) is 4.32. The normalized spacial score (nSPS) is 16.0. The molecule has 130 valence electrons. The Morgan fingerprint density at radius 1 is 1.04 bits per heavy atom. The number of fused-ring (bicyclic) bond motifs is 1. The number of aryl methyl sites for hydroxylation is 2. The Hall–Kier alpha value is -2.50. The molecule has 0 saturated carbocycles. The van der Waals surface area contributed by atoms with Gasteiger partial charge in [0.25, 0.3) is 0 Å². The van der Waals surface area contributed by atoms with E-state index in [0.717, 1.165) is 22.5 Å². The fourth-order valence-corrected chi connectivity index (χ4v) is 2.54. The highest BCUT2D eigenvalue weighted by Crippen LogP contribution is 2.31. The van der Waals surface area contributed by atoms with E-state index in [1.54, 1.807) is 20.0 Å². The van der Waals surface area contributed by atoms with Gasteiger partial charge < -0.3 is 20.1 Å². The molecular weight excluding hydrogens is 308 g/mol. The van der Waals surface area contributed by atoms with Crippen LogP contribution < -0.4 is 10.6 Å². The van der Waals surface area contributed by atoms with Gasteiger partial charge in [-0.3, -0.25) is 4.79 Å². The molecule has 0 amide bonds. The number of hydrogen-bond acceptors (Lipinski definition) is 6. The lowest BCUT2D eigenvalue weighted by Gasteiger charge is -2.20. The second-order valence-corrected chi connectivity index (χ2v) is 5.65. The predicted molar refractivity (Wildman–Crippen MR) is 92.9 cm³/mol. The highest BCUT2D eigenvalue weighted by molar-refractivity contribution is 5.93. The van der Waals surface area contributed by atoms with Gasteiger partial charge in [0.05, 0.1) is 42.6 Å². The molecule has 0 radical (unpaired) electrons. The standard InChI is InChI=1S/C18H24N2O4/c1-5-23-17(21)9-14-13(18(22)24-6-2)10-19-15-7-11(3)12(4)8-16(15)20-14/h7-8,10,14,19-20H,5-6,9H2,1-4H3. The Morgan fingerprint density at radius 3 is 2.29 bits per heavy atom. The second-order valence-electron chi connectivity index (χ2n) is 5.65. The fraction of sp³-hybridized carbons (Fsp3) is 0.444. The Kier molecular flexibility index (Phi) is 5.84. The lowest BCUT2D eigenvalue weighted by Crippen LogP contribution is -2.30. The number of hydrogen-bond donors (Lipinski definition) is 2. The van der Waals surface area contributed by atoms with E-state index >= 15 is 0 Å². The summed E-state index contributed by atoms with van der Waals surface area (Å²) in [6.07, 6.45) is 1.65. The lowest BCUT2D eigenvalue weighted by molar-refractivity contribution is -0.143. The number of rotatable bonds is 5. The molecule has 6 nitrogen and oxygen atoms in total. The van der Waals surface area contributed by atoms with Crippen molar-refractivity contribution in [1.82, 2.24) is 0 Å². The van der Waals surface area contributed by atoms with Crippen molar-refractivity contribution < 1.29 is 19.1 Å². The summed E-state index contributed by atoms with van der Waals surface area (Å²) in [5, 5.41) is 6.41. The summed E-state index contributed by atoms with van der Waals surface area (Å²) >= 11 is 0. The van der Waals surface area contributed by atoms with Crippen LogP contribution in [0.1, 0.15) is 31.4 Å². The van der Waals surface area contributed by atoms with Crippen molar-refractivity contribution in [3.05, 3.63) is 35.0 Å². The maximum absolute atomic E-state index is 12.3. The number of nitrogens with one attached hydrogen (secondary N) is 2. The monoisotopic (exact) mass is 332 g/mol. The molecule has 0 fully saturated rings. The number of esters is 2. The second kappa shape index (κ2) is 7.86. The number of anilines is 2. The van der Waals surface area contributed by atoms with Gasteiger partial charge in [-0.05, 0) is 51.0 Å².